The molecule has 0 fully saturated rings. The zero-order valence-electron chi connectivity index (χ0n) is 11.3. The van der Waals surface area contributed by atoms with Gasteiger partial charge in [0.1, 0.15) is 0 Å². The van der Waals surface area contributed by atoms with E-state index in [2.05, 4.69) is 15.6 Å². The average molecular weight is 260 g/mol. The Kier molecular flexibility index (Phi) is 6.15. The van der Waals surface area contributed by atoms with E-state index >= 15 is 0 Å². The van der Waals surface area contributed by atoms with Crippen molar-refractivity contribution in [1.29, 1.82) is 0 Å². The van der Waals surface area contributed by atoms with E-state index in [9.17, 15) is 4.79 Å². The molecule has 102 valence electrons. The van der Waals surface area contributed by atoms with E-state index in [4.69, 9.17) is 5.73 Å². The van der Waals surface area contributed by atoms with Gasteiger partial charge in [-0.2, -0.15) is 0 Å². The summed E-state index contributed by atoms with van der Waals surface area (Å²) in [5.74, 6) is 0. The molecule has 19 heavy (non-hydrogen) atoms. The number of hydrogen-bond donors (Lipinski definition) is 3. The molecular formula is C14H20N4O. The van der Waals surface area contributed by atoms with Crippen molar-refractivity contribution in [2.45, 2.75) is 13.8 Å². The number of nitrogens with two attached hydrogens (primary N) is 1. The van der Waals surface area contributed by atoms with E-state index < -0.39 is 0 Å². The minimum atomic E-state index is -0.256. The van der Waals surface area contributed by atoms with Gasteiger partial charge < -0.3 is 16.4 Å². The van der Waals surface area contributed by atoms with Crippen LogP contribution < -0.4 is 16.4 Å². The van der Waals surface area contributed by atoms with Crippen LogP contribution in [0.5, 0.6) is 0 Å². The first kappa shape index (κ1) is 14.8. The van der Waals surface area contributed by atoms with Crippen LogP contribution in [0.1, 0.15) is 13.8 Å². The zero-order valence-corrected chi connectivity index (χ0v) is 11.3. The lowest BCUT2D eigenvalue weighted by atomic mass is 10.2. The highest BCUT2D eigenvalue weighted by atomic mass is 16.2. The van der Waals surface area contributed by atoms with Crippen LogP contribution in [0.3, 0.4) is 0 Å². The molecule has 0 aliphatic rings. The number of nitrogen functional groups attached to an aromatic ring is 1. The van der Waals surface area contributed by atoms with Gasteiger partial charge in [0.25, 0.3) is 0 Å². The van der Waals surface area contributed by atoms with Gasteiger partial charge in [0.15, 0.2) is 0 Å². The number of carbonyl (C=O) groups is 1. The van der Waals surface area contributed by atoms with Gasteiger partial charge in [0.05, 0.1) is 0 Å². The number of anilines is 2. The summed E-state index contributed by atoms with van der Waals surface area (Å²) in [5, 5.41) is 5.49. The molecule has 0 aliphatic carbocycles. The summed E-state index contributed by atoms with van der Waals surface area (Å²) >= 11 is 0. The number of carbonyl (C=O) groups excluding carboxylic acids is 1. The van der Waals surface area contributed by atoms with Gasteiger partial charge in [-0.1, -0.05) is 6.08 Å². The average Bonchev–Trinajstić information content (AvgIpc) is 2.42. The van der Waals surface area contributed by atoms with E-state index in [0.717, 1.165) is 12.1 Å². The molecule has 1 aromatic rings. The van der Waals surface area contributed by atoms with Crippen LogP contribution in [0.2, 0.25) is 0 Å². The highest BCUT2D eigenvalue weighted by molar-refractivity contribution is 5.90. The fourth-order valence-electron chi connectivity index (χ4n) is 1.35. The van der Waals surface area contributed by atoms with Crippen molar-refractivity contribution < 1.29 is 4.79 Å². The minimum Gasteiger partial charge on any atom is -0.399 e. The van der Waals surface area contributed by atoms with Gasteiger partial charge in [0, 0.05) is 30.7 Å². The third-order valence-electron chi connectivity index (χ3n) is 2.43. The first-order valence-electron chi connectivity index (χ1n) is 6.21. The predicted molar refractivity (Wildman–Crippen MR) is 80.7 cm³/mol. The third kappa shape index (κ3) is 5.72. The van der Waals surface area contributed by atoms with Crippen molar-refractivity contribution in [2.24, 2.45) is 4.99 Å². The van der Waals surface area contributed by atoms with Gasteiger partial charge >= 0.3 is 6.03 Å². The molecule has 4 N–H and O–H groups in total. The third-order valence-corrected chi connectivity index (χ3v) is 2.43. The normalized spacial score (nSPS) is 11.6. The highest BCUT2D eigenvalue weighted by Crippen LogP contribution is 2.09. The molecule has 0 aromatic heterocycles. The number of benzene rings is 1. The molecule has 0 saturated carbocycles. The quantitative estimate of drug-likeness (QED) is 0.561. The zero-order chi connectivity index (χ0) is 14.1. The molecular weight excluding hydrogens is 240 g/mol. The molecule has 5 nitrogen and oxygen atoms in total. The van der Waals surface area contributed by atoms with Gasteiger partial charge in [-0.15, -0.1) is 0 Å². The van der Waals surface area contributed by atoms with Crippen LogP contribution in [0.15, 0.2) is 40.9 Å². The summed E-state index contributed by atoms with van der Waals surface area (Å²) in [7, 11) is 0. The Morgan fingerprint density at radius 1 is 1.37 bits per heavy atom. The maximum absolute atomic E-state index is 11.7. The first-order chi connectivity index (χ1) is 9.15. The van der Waals surface area contributed by atoms with E-state index in [1.807, 2.05) is 19.9 Å². The lowest BCUT2D eigenvalue weighted by Crippen LogP contribution is -2.30. The van der Waals surface area contributed by atoms with E-state index in [1.165, 1.54) is 0 Å². The summed E-state index contributed by atoms with van der Waals surface area (Å²) in [4.78, 5) is 15.8. The molecule has 0 saturated heterocycles. The fourth-order valence-corrected chi connectivity index (χ4v) is 1.35. The Balaban J connectivity index is 2.43. The van der Waals surface area contributed by atoms with Crippen molar-refractivity contribution in [1.82, 2.24) is 5.32 Å². The Morgan fingerprint density at radius 3 is 2.63 bits per heavy atom. The minimum absolute atomic E-state index is 0.256. The number of amides is 2. The standard InChI is InChI=1S/C14H20N4O/c1-3-11(9-16-4-2)10-17-14(19)18-13-7-5-12(15)6-8-13/h3,5-9H,4,10,15H2,1-2H3,(H2,17,18,19)/b11-3+,16-9?. The molecule has 1 rings (SSSR count). The number of rotatable bonds is 5. The summed E-state index contributed by atoms with van der Waals surface area (Å²) in [6.07, 6.45) is 3.69. The molecule has 0 atom stereocenters. The fraction of sp³-hybridized carbons (Fsp3) is 0.286. The first-order valence-corrected chi connectivity index (χ1v) is 6.21. The van der Waals surface area contributed by atoms with Crippen molar-refractivity contribution in [3.63, 3.8) is 0 Å². The molecule has 0 radical (unpaired) electrons. The number of urea groups is 1. The molecule has 5 heteroatoms. The Morgan fingerprint density at radius 2 is 2.05 bits per heavy atom. The summed E-state index contributed by atoms with van der Waals surface area (Å²) in [6, 6.07) is 6.73. The van der Waals surface area contributed by atoms with Gasteiger partial charge in [0.2, 0.25) is 0 Å². The van der Waals surface area contributed by atoms with Gasteiger partial charge in [-0.3, -0.25) is 4.99 Å². The summed E-state index contributed by atoms with van der Waals surface area (Å²) in [6.45, 7) is 5.05. The van der Waals surface area contributed by atoms with Crippen molar-refractivity contribution in [3.05, 3.63) is 35.9 Å². The second-order valence-electron chi connectivity index (χ2n) is 3.92. The number of allylic oxidation sites excluding steroid dienone is 1. The van der Waals surface area contributed by atoms with Crippen LogP contribution in [0.25, 0.3) is 0 Å². The summed E-state index contributed by atoms with van der Waals surface area (Å²) < 4.78 is 0. The topological polar surface area (TPSA) is 79.5 Å². The van der Waals surface area contributed by atoms with Crippen molar-refractivity contribution in [2.75, 3.05) is 24.1 Å². The molecule has 0 unspecified atom stereocenters. The Bertz CT molecular complexity index is 463. The van der Waals surface area contributed by atoms with Gasteiger partial charge in [-0.05, 0) is 43.7 Å². The van der Waals surface area contributed by atoms with Crippen molar-refractivity contribution in [3.8, 4) is 0 Å². The SMILES string of the molecule is C/C=C(\C=NCC)CNC(=O)Nc1ccc(N)cc1. The number of hydrogen-bond acceptors (Lipinski definition) is 3. The van der Waals surface area contributed by atoms with Crippen LogP contribution in [0, 0.1) is 0 Å². The van der Waals surface area contributed by atoms with E-state index in [-0.39, 0.29) is 6.03 Å². The molecule has 0 aliphatic heterocycles. The second kappa shape index (κ2) is 7.92. The summed E-state index contributed by atoms with van der Waals surface area (Å²) in [5.41, 5.74) is 7.91. The lowest BCUT2D eigenvalue weighted by molar-refractivity contribution is 0.253. The van der Waals surface area contributed by atoms with Crippen LogP contribution in [-0.4, -0.2) is 25.3 Å². The Hall–Kier alpha value is -2.30. The van der Waals surface area contributed by atoms with E-state index in [0.29, 0.717) is 17.9 Å². The number of aliphatic imine (C=N–C) groups is 1. The Labute approximate surface area is 113 Å². The highest BCUT2D eigenvalue weighted by Gasteiger charge is 2.01. The van der Waals surface area contributed by atoms with Crippen LogP contribution >= 0.6 is 0 Å². The van der Waals surface area contributed by atoms with Crippen LogP contribution in [0.4, 0.5) is 16.2 Å². The molecule has 0 spiro atoms. The molecule has 0 heterocycles. The maximum atomic E-state index is 11.7. The second-order valence-corrected chi connectivity index (χ2v) is 3.92. The molecule has 2 amide bonds. The largest absolute Gasteiger partial charge is 0.399 e. The smallest absolute Gasteiger partial charge is 0.319 e. The number of nitrogens with zero attached hydrogens (tertiary/aromatic N) is 1. The number of nitrogens with one attached hydrogen (secondary N) is 2. The van der Waals surface area contributed by atoms with Crippen molar-refractivity contribution >= 4 is 23.6 Å². The van der Waals surface area contributed by atoms with Crippen LogP contribution in [-0.2, 0) is 0 Å². The monoisotopic (exact) mass is 260 g/mol. The molecule has 1 aromatic carbocycles. The predicted octanol–water partition coefficient (Wildman–Crippen LogP) is 2.43. The maximum Gasteiger partial charge on any atom is 0.319 e. The lowest BCUT2D eigenvalue weighted by Gasteiger charge is -2.08. The van der Waals surface area contributed by atoms with E-state index in [1.54, 1.807) is 30.5 Å². The van der Waals surface area contributed by atoms with Gasteiger partial charge in [-0.25, -0.2) is 4.79 Å². The molecule has 0 bridgehead atoms.